The highest BCUT2D eigenvalue weighted by atomic mass is 16.5. The van der Waals surface area contributed by atoms with E-state index in [0.717, 1.165) is 19.4 Å². The van der Waals surface area contributed by atoms with Crippen LogP contribution in [-0.2, 0) is 9.53 Å². The van der Waals surface area contributed by atoms with E-state index in [0.29, 0.717) is 13.2 Å². The lowest BCUT2D eigenvalue weighted by atomic mass is 10.2. The number of nitriles is 1. The Kier molecular flexibility index (Phi) is 4.41. The molecule has 0 unspecified atom stereocenters. The topological polar surface area (TPSA) is 53.3 Å². The number of carbonyl (C=O) groups is 1. The maximum Gasteiger partial charge on any atom is 0.237 e. The van der Waals surface area contributed by atoms with E-state index in [2.05, 4.69) is 0 Å². The molecule has 0 spiro atoms. The molecular formula is C10H16N2O2. The third kappa shape index (κ3) is 2.71. The fourth-order valence-corrected chi connectivity index (χ4v) is 1.76. The quantitative estimate of drug-likeness (QED) is 0.672. The molecule has 14 heavy (non-hydrogen) atoms. The van der Waals surface area contributed by atoms with Gasteiger partial charge in [-0.2, -0.15) is 5.26 Å². The second-order valence-electron chi connectivity index (χ2n) is 3.38. The van der Waals surface area contributed by atoms with Gasteiger partial charge in [0, 0.05) is 13.2 Å². The molecule has 0 aromatic rings. The summed E-state index contributed by atoms with van der Waals surface area (Å²) in [5, 5.41) is 8.43. The lowest BCUT2D eigenvalue weighted by Gasteiger charge is -2.23. The number of amides is 1. The van der Waals surface area contributed by atoms with Crippen molar-refractivity contribution in [1.82, 2.24) is 4.90 Å². The number of rotatable bonds is 4. The van der Waals surface area contributed by atoms with E-state index in [9.17, 15) is 4.79 Å². The Morgan fingerprint density at radius 3 is 3.14 bits per heavy atom. The Labute approximate surface area is 84.4 Å². The van der Waals surface area contributed by atoms with Crippen LogP contribution in [0.1, 0.15) is 26.2 Å². The first-order valence-electron chi connectivity index (χ1n) is 5.03. The first-order chi connectivity index (χ1) is 6.79. The molecule has 0 saturated carbocycles. The highest BCUT2D eigenvalue weighted by Crippen LogP contribution is 2.18. The highest BCUT2D eigenvalue weighted by molar-refractivity contribution is 5.78. The van der Waals surface area contributed by atoms with Gasteiger partial charge in [-0.05, 0) is 19.8 Å². The third-order valence-electron chi connectivity index (χ3n) is 2.44. The molecule has 4 heteroatoms. The van der Waals surface area contributed by atoms with Gasteiger partial charge in [-0.15, -0.1) is 0 Å². The van der Waals surface area contributed by atoms with Gasteiger partial charge in [-0.3, -0.25) is 4.79 Å². The minimum atomic E-state index is -0.0605. The third-order valence-corrected chi connectivity index (χ3v) is 2.44. The van der Waals surface area contributed by atoms with Gasteiger partial charge in [0.2, 0.25) is 5.91 Å². The maximum absolute atomic E-state index is 11.5. The SMILES string of the molecule is CCOC[C@@H]1CCCN1C(=O)CC#N. The molecule has 1 rings (SSSR count). The summed E-state index contributed by atoms with van der Waals surface area (Å²) in [6.07, 6.45) is 2.01. The van der Waals surface area contributed by atoms with Gasteiger partial charge in [0.1, 0.15) is 6.42 Å². The average molecular weight is 196 g/mol. The van der Waals surface area contributed by atoms with Crippen LogP contribution >= 0.6 is 0 Å². The van der Waals surface area contributed by atoms with Crippen LogP contribution in [0.3, 0.4) is 0 Å². The molecule has 1 aliphatic rings. The second-order valence-corrected chi connectivity index (χ2v) is 3.38. The smallest absolute Gasteiger partial charge is 0.237 e. The number of likely N-dealkylation sites (tertiary alicyclic amines) is 1. The molecule has 0 N–H and O–H groups in total. The van der Waals surface area contributed by atoms with Crippen LogP contribution in [0.15, 0.2) is 0 Å². The summed E-state index contributed by atoms with van der Waals surface area (Å²) in [6, 6.07) is 2.08. The van der Waals surface area contributed by atoms with Crippen molar-refractivity contribution in [2.75, 3.05) is 19.8 Å². The lowest BCUT2D eigenvalue weighted by molar-refractivity contribution is -0.132. The van der Waals surface area contributed by atoms with Crippen molar-refractivity contribution in [3.05, 3.63) is 0 Å². The van der Waals surface area contributed by atoms with Crippen molar-refractivity contribution in [2.45, 2.75) is 32.2 Å². The minimum absolute atomic E-state index is 0.0113. The monoisotopic (exact) mass is 196 g/mol. The molecule has 1 amide bonds. The predicted molar refractivity (Wildman–Crippen MR) is 51.5 cm³/mol. The van der Waals surface area contributed by atoms with E-state index in [1.54, 1.807) is 4.90 Å². The Morgan fingerprint density at radius 1 is 1.71 bits per heavy atom. The second kappa shape index (κ2) is 5.61. The Balaban J connectivity index is 2.42. The molecule has 1 saturated heterocycles. The van der Waals surface area contributed by atoms with E-state index >= 15 is 0 Å². The molecule has 0 aliphatic carbocycles. The number of nitrogens with zero attached hydrogens (tertiary/aromatic N) is 2. The van der Waals surface area contributed by atoms with E-state index in [4.69, 9.17) is 10.00 Å². The molecule has 0 aromatic carbocycles. The van der Waals surface area contributed by atoms with Gasteiger partial charge in [0.15, 0.2) is 0 Å². The zero-order valence-electron chi connectivity index (χ0n) is 8.53. The average Bonchev–Trinajstić information content (AvgIpc) is 2.63. The first-order valence-corrected chi connectivity index (χ1v) is 5.03. The highest BCUT2D eigenvalue weighted by Gasteiger charge is 2.28. The number of ether oxygens (including phenoxy) is 1. The van der Waals surface area contributed by atoms with Crippen molar-refractivity contribution in [1.29, 1.82) is 5.26 Å². The van der Waals surface area contributed by atoms with Gasteiger partial charge < -0.3 is 9.64 Å². The Bertz CT molecular complexity index is 235. The van der Waals surface area contributed by atoms with Gasteiger partial charge in [0.25, 0.3) is 0 Å². The largest absolute Gasteiger partial charge is 0.380 e. The molecule has 4 nitrogen and oxygen atoms in total. The normalized spacial score (nSPS) is 20.9. The van der Waals surface area contributed by atoms with Gasteiger partial charge in [-0.1, -0.05) is 0 Å². The summed E-state index contributed by atoms with van der Waals surface area (Å²) < 4.78 is 5.30. The van der Waals surface area contributed by atoms with Gasteiger partial charge >= 0.3 is 0 Å². The van der Waals surface area contributed by atoms with Crippen molar-refractivity contribution in [3.63, 3.8) is 0 Å². The first kappa shape index (κ1) is 11.0. The number of hydrogen-bond acceptors (Lipinski definition) is 3. The Morgan fingerprint density at radius 2 is 2.50 bits per heavy atom. The van der Waals surface area contributed by atoms with Crippen LogP contribution in [0.5, 0.6) is 0 Å². The van der Waals surface area contributed by atoms with E-state index in [-0.39, 0.29) is 18.4 Å². The van der Waals surface area contributed by atoms with Crippen LogP contribution in [0.25, 0.3) is 0 Å². The number of carbonyl (C=O) groups excluding carboxylic acids is 1. The molecular weight excluding hydrogens is 180 g/mol. The lowest BCUT2D eigenvalue weighted by Crippen LogP contribution is -2.38. The van der Waals surface area contributed by atoms with Crippen LogP contribution < -0.4 is 0 Å². The van der Waals surface area contributed by atoms with Crippen molar-refractivity contribution in [2.24, 2.45) is 0 Å². The fraction of sp³-hybridized carbons (Fsp3) is 0.800. The van der Waals surface area contributed by atoms with Crippen molar-refractivity contribution in [3.8, 4) is 6.07 Å². The fourth-order valence-electron chi connectivity index (χ4n) is 1.76. The molecule has 0 radical (unpaired) electrons. The molecule has 1 aliphatic heterocycles. The molecule has 1 fully saturated rings. The van der Waals surface area contributed by atoms with Crippen LogP contribution in [0.4, 0.5) is 0 Å². The van der Waals surface area contributed by atoms with Crippen LogP contribution in [-0.4, -0.2) is 36.6 Å². The summed E-state index contributed by atoms with van der Waals surface area (Å²) in [5.74, 6) is -0.0605. The summed E-state index contributed by atoms with van der Waals surface area (Å²) in [4.78, 5) is 13.2. The molecule has 1 heterocycles. The van der Waals surface area contributed by atoms with Gasteiger partial charge in [-0.25, -0.2) is 0 Å². The van der Waals surface area contributed by atoms with Crippen LogP contribution in [0, 0.1) is 11.3 Å². The minimum Gasteiger partial charge on any atom is -0.380 e. The van der Waals surface area contributed by atoms with E-state index < -0.39 is 0 Å². The van der Waals surface area contributed by atoms with E-state index in [1.165, 1.54) is 0 Å². The number of hydrogen-bond donors (Lipinski definition) is 0. The van der Waals surface area contributed by atoms with Gasteiger partial charge in [0.05, 0.1) is 18.7 Å². The zero-order valence-corrected chi connectivity index (χ0v) is 8.53. The molecule has 0 bridgehead atoms. The van der Waals surface area contributed by atoms with E-state index in [1.807, 2.05) is 13.0 Å². The zero-order chi connectivity index (χ0) is 10.4. The predicted octanol–water partition coefficient (Wildman–Crippen LogP) is 0.928. The van der Waals surface area contributed by atoms with Crippen molar-refractivity contribution < 1.29 is 9.53 Å². The Hall–Kier alpha value is -1.08. The molecule has 1 atom stereocenters. The van der Waals surface area contributed by atoms with Crippen LogP contribution in [0.2, 0.25) is 0 Å². The standard InChI is InChI=1S/C10H16N2O2/c1-2-14-8-9-4-3-7-12(9)10(13)5-6-11/h9H,2-5,7-8H2,1H3/t9-/m0/s1. The summed E-state index contributed by atoms with van der Waals surface area (Å²) in [6.45, 7) is 4.00. The molecule has 0 aromatic heterocycles. The summed E-state index contributed by atoms with van der Waals surface area (Å²) >= 11 is 0. The maximum atomic E-state index is 11.5. The molecule has 78 valence electrons. The summed E-state index contributed by atoms with van der Waals surface area (Å²) in [7, 11) is 0. The van der Waals surface area contributed by atoms with Crippen molar-refractivity contribution >= 4 is 5.91 Å². The summed E-state index contributed by atoms with van der Waals surface area (Å²) in [5.41, 5.74) is 0.